The van der Waals surface area contributed by atoms with Crippen LogP contribution < -0.4 is 10.1 Å². The summed E-state index contributed by atoms with van der Waals surface area (Å²) in [7, 11) is 0. The molecule has 0 radical (unpaired) electrons. The van der Waals surface area contributed by atoms with E-state index >= 15 is 0 Å². The first kappa shape index (κ1) is 16.6. The van der Waals surface area contributed by atoms with Gasteiger partial charge >= 0.3 is 0 Å². The third kappa shape index (κ3) is 4.89. The normalized spacial score (nSPS) is 10.5. The van der Waals surface area contributed by atoms with Gasteiger partial charge in [-0.1, -0.05) is 47.6 Å². The molecule has 2 aromatic carbocycles. The minimum Gasteiger partial charge on any atom is -0.482 e. The number of carbonyl (C=O) groups excluding carboxylic acids is 1. The van der Waals surface area contributed by atoms with Crippen LogP contribution in [0, 0.1) is 0 Å². The van der Waals surface area contributed by atoms with Gasteiger partial charge in [0.25, 0.3) is 11.7 Å². The second kappa shape index (κ2) is 8.00. The fourth-order valence-corrected chi connectivity index (χ4v) is 2.45. The molecule has 0 bridgehead atoms. The Labute approximate surface area is 135 Å². The summed E-state index contributed by atoms with van der Waals surface area (Å²) in [6.45, 7) is -0.266. The molecule has 3 nitrogen and oxygen atoms in total. The lowest BCUT2D eigenvalue weighted by Crippen LogP contribution is -2.20. The van der Waals surface area contributed by atoms with Crippen LogP contribution in [0.4, 0.5) is 14.5 Å². The molecule has 1 amide bonds. The summed E-state index contributed by atoms with van der Waals surface area (Å²) in [5, 5.41) is 2.94. The fraction of sp³-hybridized carbons (Fsp3) is 0.133. The zero-order valence-electron chi connectivity index (χ0n) is 11.3. The molecule has 0 atom stereocenters. The number of thioether (sulfide) groups is 1. The van der Waals surface area contributed by atoms with E-state index in [1.807, 2.05) is 0 Å². The maximum atomic E-state index is 12.5. The van der Waals surface area contributed by atoms with Crippen molar-refractivity contribution in [3.63, 3.8) is 0 Å². The lowest BCUT2D eigenvalue weighted by atomic mass is 10.3. The van der Waals surface area contributed by atoms with Gasteiger partial charge in [0.1, 0.15) is 5.75 Å². The molecular weight excluding hydrogens is 332 g/mol. The lowest BCUT2D eigenvalue weighted by molar-refractivity contribution is -0.118. The third-order valence-corrected chi connectivity index (χ3v) is 3.67. The van der Waals surface area contributed by atoms with E-state index < -0.39 is 11.7 Å². The van der Waals surface area contributed by atoms with Gasteiger partial charge in [-0.25, -0.2) is 0 Å². The zero-order chi connectivity index (χ0) is 15.9. The monoisotopic (exact) mass is 343 g/mol. The first-order chi connectivity index (χ1) is 10.6. The van der Waals surface area contributed by atoms with Crippen LogP contribution >= 0.6 is 23.4 Å². The molecule has 0 fully saturated rings. The number of para-hydroxylation sites is 2. The van der Waals surface area contributed by atoms with Crippen LogP contribution in [0.5, 0.6) is 5.75 Å². The van der Waals surface area contributed by atoms with Crippen LogP contribution in [-0.2, 0) is 4.79 Å². The van der Waals surface area contributed by atoms with E-state index in [9.17, 15) is 13.6 Å². The van der Waals surface area contributed by atoms with Crippen LogP contribution in [-0.4, -0.2) is 18.3 Å². The molecule has 1 N–H and O–H groups in total. The van der Waals surface area contributed by atoms with Crippen LogP contribution in [0.1, 0.15) is 0 Å². The molecule has 0 aliphatic heterocycles. The highest BCUT2D eigenvalue weighted by molar-refractivity contribution is 7.99. The predicted octanol–water partition coefficient (Wildman–Crippen LogP) is 4.67. The van der Waals surface area contributed by atoms with Gasteiger partial charge in [-0.15, -0.1) is 0 Å². The number of alkyl halides is 2. The summed E-state index contributed by atoms with van der Waals surface area (Å²) in [4.78, 5) is 12.2. The van der Waals surface area contributed by atoms with E-state index in [0.717, 1.165) is 0 Å². The van der Waals surface area contributed by atoms with Crippen LogP contribution in [0.3, 0.4) is 0 Å². The number of hydrogen-bond acceptors (Lipinski definition) is 3. The molecule has 0 saturated heterocycles. The van der Waals surface area contributed by atoms with E-state index in [1.165, 1.54) is 6.07 Å². The van der Waals surface area contributed by atoms with Crippen molar-refractivity contribution in [3.8, 4) is 5.75 Å². The lowest BCUT2D eigenvalue weighted by Gasteiger charge is -2.11. The van der Waals surface area contributed by atoms with Crippen molar-refractivity contribution in [2.45, 2.75) is 10.7 Å². The molecule has 0 unspecified atom stereocenters. The third-order valence-electron chi connectivity index (χ3n) is 2.57. The Morgan fingerprint density at radius 3 is 2.59 bits per heavy atom. The Morgan fingerprint density at radius 2 is 1.86 bits per heavy atom. The molecular formula is C15H12ClF2NO2S. The second-order valence-corrected chi connectivity index (χ2v) is 5.58. The molecule has 116 valence electrons. The molecule has 2 rings (SSSR count). The van der Waals surface area contributed by atoms with Gasteiger partial charge in [-0.2, -0.15) is 8.78 Å². The van der Waals surface area contributed by atoms with Gasteiger partial charge in [0.15, 0.2) is 6.61 Å². The maximum Gasteiger partial charge on any atom is 0.288 e. The molecule has 0 aromatic heterocycles. The number of benzene rings is 2. The Bertz CT molecular complexity index is 655. The highest BCUT2D eigenvalue weighted by atomic mass is 35.5. The van der Waals surface area contributed by atoms with Crippen molar-refractivity contribution in [1.82, 2.24) is 0 Å². The Morgan fingerprint density at radius 1 is 1.18 bits per heavy atom. The number of ether oxygens (including phenoxy) is 1. The summed E-state index contributed by atoms with van der Waals surface area (Å²) >= 11 is 6.28. The molecule has 0 heterocycles. The topological polar surface area (TPSA) is 38.3 Å². The van der Waals surface area contributed by atoms with Gasteiger partial charge in [0.2, 0.25) is 0 Å². The van der Waals surface area contributed by atoms with E-state index in [2.05, 4.69) is 5.32 Å². The van der Waals surface area contributed by atoms with Crippen molar-refractivity contribution in [3.05, 3.63) is 53.6 Å². The molecule has 0 saturated carbocycles. The minimum absolute atomic E-state index is 0.266. The average Bonchev–Trinajstić information content (AvgIpc) is 2.48. The quantitative estimate of drug-likeness (QED) is 0.774. The Kier molecular flexibility index (Phi) is 6.03. The van der Waals surface area contributed by atoms with E-state index in [0.29, 0.717) is 33.1 Å². The molecule has 22 heavy (non-hydrogen) atoms. The standard InChI is InChI=1S/C15H12ClF2NO2S/c16-10-5-1-3-7-12(10)21-9-14(20)19-11-6-2-4-8-13(11)22-15(17)18/h1-8,15H,9H2,(H,19,20). The number of carbonyl (C=O) groups is 1. The Hall–Kier alpha value is -1.79. The fourth-order valence-electron chi connectivity index (χ4n) is 1.66. The average molecular weight is 344 g/mol. The van der Waals surface area contributed by atoms with Crippen molar-refractivity contribution in [2.75, 3.05) is 11.9 Å². The highest BCUT2D eigenvalue weighted by Crippen LogP contribution is 2.31. The van der Waals surface area contributed by atoms with E-state index in [1.54, 1.807) is 42.5 Å². The molecule has 0 aliphatic rings. The predicted molar refractivity (Wildman–Crippen MR) is 83.9 cm³/mol. The number of amides is 1. The van der Waals surface area contributed by atoms with Crippen molar-refractivity contribution < 1.29 is 18.3 Å². The summed E-state index contributed by atoms with van der Waals surface area (Å²) in [5.74, 6) is -2.63. The summed E-state index contributed by atoms with van der Waals surface area (Å²) < 4.78 is 30.2. The maximum absolute atomic E-state index is 12.5. The molecule has 2 aromatic rings. The summed E-state index contributed by atoms with van der Waals surface area (Å²) in [6, 6.07) is 13.1. The van der Waals surface area contributed by atoms with Gasteiger partial charge in [0.05, 0.1) is 10.7 Å². The number of anilines is 1. The molecule has 7 heteroatoms. The molecule has 0 spiro atoms. The summed E-state index contributed by atoms with van der Waals surface area (Å²) in [5.41, 5.74) is 0.320. The van der Waals surface area contributed by atoms with Gasteiger partial charge < -0.3 is 10.1 Å². The smallest absolute Gasteiger partial charge is 0.288 e. The molecule has 0 aliphatic carbocycles. The van der Waals surface area contributed by atoms with Crippen LogP contribution in [0.15, 0.2) is 53.4 Å². The Balaban J connectivity index is 1.96. The number of nitrogens with one attached hydrogen (secondary N) is 1. The van der Waals surface area contributed by atoms with E-state index in [-0.39, 0.29) is 6.61 Å². The number of rotatable bonds is 6. The van der Waals surface area contributed by atoms with Crippen molar-refractivity contribution >= 4 is 35.0 Å². The van der Waals surface area contributed by atoms with Gasteiger partial charge in [0, 0.05) is 4.90 Å². The largest absolute Gasteiger partial charge is 0.482 e. The van der Waals surface area contributed by atoms with Crippen molar-refractivity contribution in [2.24, 2.45) is 0 Å². The zero-order valence-corrected chi connectivity index (χ0v) is 12.8. The number of halogens is 3. The minimum atomic E-state index is -2.56. The number of hydrogen-bond donors (Lipinski definition) is 1. The van der Waals surface area contributed by atoms with Crippen LogP contribution in [0.25, 0.3) is 0 Å². The van der Waals surface area contributed by atoms with Crippen molar-refractivity contribution in [1.29, 1.82) is 0 Å². The first-order valence-corrected chi connectivity index (χ1v) is 7.53. The first-order valence-electron chi connectivity index (χ1n) is 6.27. The van der Waals surface area contributed by atoms with Gasteiger partial charge in [-0.3, -0.25) is 4.79 Å². The highest BCUT2D eigenvalue weighted by Gasteiger charge is 2.12. The summed E-state index contributed by atoms with van der Waals surface area (Å²) in [6.07, 6.45) is 0. The van der Waals surface area contributed by atoms with E-state index in [4.69, 9.17) is 16.3 Å². The van der Waals surface area contributed by atoms with Gasteiger partial charge in [-0.05, 0) is 24.3 Å². The second-order valence-electron chi connectivity index (χ2n) is 4.14. The van der Waals surface area contributed by atoms with Crippen LogP contribution in [0.2, 0.25) is 5.02 Å². The SMILES string of the molecule is O=C(COc1ccccc1Cl)Nc1ccccc1SC(F)F.